The molecule has 0 fully saturated rings. The fourth-order valence-electron chi connectivity index (χ4n) is 0.835. The summed E-state index contributed by atoms with van der Waals surface area (Å²) in [7, 11) is 0. The number of hydrogen-bond donors (Lipinski definition) is 0. The summed E-state index contributed by atoms with van der Waals surface area (Å²) in [5.74, 6) is 0.144. The Bertz CT molecular complexity index is 380. The highest BCUT2D eigenvalue weighted by Crippen LogP contribution is 2.15. The quantitative estimate of drug-likeness (QED) is 0.661. The van der Waals surface area contributed by atoms with Crippen LogP contribution in [0.25, 0.3) is 0 Å². The van der Waals surface area contributed by atoms with E-state index in [1.165, 1.54) is 24.7 Å². The van der Waals surface area contributed by atoms with Crippen LogP contribution in [0.3, 0.4) is 0 Å². The number of nitriles is 2. The summed E-state index contributed by atoms with van der Waals surface area (Å²) < 4.78 is 4.38. The molecule has 0 heterocycles. The highest BCUT2D eigenvalue weighted by molar-refractivity contribution is 5.51. The molecule has 0 unspecified atom stereocenters. The van der Waals surface area contributed by atoms with E-state index in [4.69, 9.17) is 10.5 Å². The van der Waals surface area contributed by atoms with Crippen molar-refractivity contribution in [3.05, 3.63) is 29.3 Å². The van der Waals surface area contributed by atoms with E-state index in [1.54, 1.807) is 0 Å². The first-order chi connectivity index (χ1) is 6.30. The summed E-state index contributed by atoms with van der Waals surface area (Å²) in [6, 6.07) is 7.79. The van der Waals surface area contributed by atoms with E-state index in [0.717, 1.165) is 0 Å². The second-order valence-electron chi connectivity index (χ2n) is 2.16. The lowest BCUT2D eigenvalue weighted by atomic mass is 10.1. The van der Waals surface area contributed by atoms with Gasteiger partial charge in [0.15, 0.2) is 0 Å². The van der Waals surface area contributed by atoms with Crippen molar-refractivity contribution in [3.8, 4) is 17.9 Å². The lowest BCUT2D eigenvalue weighted by Crippen LogP contribution is -1.90. The Hall–Kier alpha value is -2.33. The van der Waals surface area contributed by atoms with Crippen molar-refractivity contribution < 1.29 is 9.53 Å². The Labute approximate surface area is 74.6 Å². The fraction of sp³-hybridized carbons (Fsp3) is 0. The van der Waals surface area contributed by atoms with Gasteiger partial charge >= 0.3 is 6.47 Å². The molecule has 0 amide bonds. The van der Waals surface area contributed by atoms with E-state index in [9.17, 15) is 4.79 Å². The summed E-state index contributed by atoms with van der Waals surface area (Å²) in [6.45, 7) is 1.22. The molecule has 0 N–H and O–H groups in total. The van der Waals surface area contributed by atoms with Crippen molar-refractivity contribution in [1.82, 2.24) is 0 Å². The van der Waals surface area contributed by atoms with E-state index < -0.39 is 0 Å². The van der Waals surface area contributed by atoms with Gasteiger partial charge in [-0.05, 0) is 18.2 Å². The molecule has 0 saturated heterocycles. The van der Waals surface area contributed by atoms with Gasteiger partial charge in [-0.1, -0.05) is 0 Å². The van der Waals surface area contributed by atoms with Gasteiger partial charge in [0.1, 0.15) is 5.75 Å². The van der Waals surface area contributed by atoms with Crippen LogP contribution in [0.4, 0.5) is 0 Å². The molecule has 0 aliphatic rings. The number of nitrogens with zero attached hydrogens (tertiary/aromatic N) is 2. The van der Waals surface area contributed by atoms with Gasteiger partial charge in [0.05, 0.1) is 23.3 Å². The standard InChI is InChI=1S/C9H3N2O2/c10-4-7-1-8(5-11)3-9(2-7)13-6-12/h1-3H. The summed E-state index contributed by atoms with van der Waals surface area (Å²) in [4.78, 5) is 9.86. The first-order valence-electron chi connectivity index (χ1n) is 3.29. The molecular formula is C9H3N2O2. The van der Waals surface area contributed by atoms with Crippen LogP contribution in [0, 0.1) is 22.7 Å². The summed E-state index contributed by atoms with van der Waals surface area (Å²) in [6.07, 6.45) is 0. The molecule has 0 spiro atoms. The fourth-order valence-corrected chi connectivity index (χ4v) is 0.835. The molecular weight excluding hydrogens is 168 g/mol. The number of carbonyl (C=O) groups excluding carboxylic acids is 1. The molecule has 1 aromatic rings. The maximum atomic E-state index is 9.86. The van der Waals surface area contributed by atoms with Crippen LogP contribution < -0.4 is 4.74 Å². The van der Waals surface area contributed by atoms with Crippen molar-refractivity contribution in [2.24, 2.45) is 0 Å². The molecule has 4 heteroatoms. The van der Waals surface area contributed by atoms with Crippen LogP contribution in [0.1, 0.15) is 11.1 Å². The zero-order valence-electron chi connectivity index (χ0n) is 6.44. The van der Waals surface area contributed by atoms with Gasteiger partial charge in [-0.25, -0.2) is 4.79 Å². The van der Waals surface area contributed by atoms with Crippen LogP contribution in [0.5, 0.6) is 5.75 Å². The second kappa shape index (κ2) is 3.89. The average Bonchev–Trinajstić information content (AvgIpc) is 2.17. The third-order valence-electron chi connectivity index (χ3n) is 1.32. The van der Waals surface area contributed by atoms with E-state index in [0.29, 0.717) is 0 Å². The molecule has 0 bridgehead atoms. The highest BCUT2D eigenvalue weighted by atomic mass is 16.5. The van der Waals surface area contributed by atoms with Gasteiger partial charge in [0.2, 0.25) is 0 Å². The molecule has 1 radical (unpaired) electrons. The Kier molecular flexibility index (Phi) is 2.62. The number of benzene rings is 1. The van der Waals surface area contributed by atoms with Crippen LogP contribution in [-0.2, 0) is 4.79 Å². The van der Waals surface area contributed by atoms with Crippen molar-refractivity contribution >= 4 is 6.47 Å². The van der Waals surface area contributed by atoms with E-state index >= 15 is 0 Å². The average molecular weight is 171 g/mol. The molecule has 0 saturated carbocycles. The number of hydrogen-bond acceptors (Lipinski definition) is 4. The Morgan fingerprint density at radius 2 is 1.62 bits per heavy atom. The van der Waals surface area contributed by atoms with Gasteiger partial charge in [-0.15, -0.1) is 0 Å². The minimum absolute atomic E-state index is 0.144. The molecule has 0 aromatic heterocycles. The monoisotopic (exact) mass is 171 g/mol. The summed E-state index contributed by atoms with van der Waals surface area (Å²) in [5.41, 5.74) is 0.536. The van der Waals surface area contributed by atoms with Crippen LogP contribution in [-0.4, -0.2) is 6.47 Å². The minimum Gasteiger partial charge on any atom is -0.418 e. The van der Waals surface area contributed by atoms with Crippen LogP contribution in [0.2, 0.25) is 0 Å². The Balaban J connectivity index is 3.18. The number of rotatable bonds is 2. The summed E-state index contributed by atoms with van der Waals surface area (Å²) >= 11 is 0. The number of ether oxygens (including phenoxy) is 1. The van der Waals surface area contributed by atoms with Crippen molar-refractivity contribution in [1.29, 1.82) is 10.5 Å². The van der Waals surface area contributed by atoms with E-state index in [1.807, 2.05) is 12.1 Å². The van der Waals surface area contributed by atoms with Gasteiger partial charge in [0.25, 0.3) is 0 Å². The van der Waals surface area contributed by atoms with Crippen molar-refractivity contribution in [3.63, 3.8) is 0 Å². The normalized spacial score (nSPS) is 8.15. The Morgan fingerprint density at radius 3 is 2.00 bits per heavy atom. The predicted molar refractivity (Wildman–Crippen MR) is 42.2 cm³/mol. The smallest absolute Gasteiger partial charge is 0.418 e. The van der Waals surface area contributed by atoms with Gasteiger partial charge in [0, 0.05) is 0 Å². The van der Waals surface area contributed by atoms with Crippen molar-refractivity contribution in [2.75, 3.05) is 0 Å². The zero-order chi connectivity index (χ0) is 9.68. The maximum Gasteiger partial charge on any atom is 0.423 e. The molecule has 61 valence electrons. The topological polar surface area (TPSA) is 73.9 Å². The van der Waals surface area contributed by atoms with Crippen molar-refractivity contribution in [2.45, 2.75) is 0 Å². The van der Waals surface area contributed by atoms with Gasteiger partial charge < -0.3 is 4.74 Å². The molecule has 0 aliphatic heterocycles. The molecule has 1 aromatic carbocycles. The maximum absolute atomic E-state index is 9.86. The third kappa shape index (κ3) is 2.05. The highest BCUT2D eigenvalue weighted by Gasteiger charge is 2.00. The Morgan fingerprint density at radius 1 is 1.08 bits per heavy atom. The molecule has 1 rings (SSSR count). The lowest BCUT2D eigenvalue weighted by Gasteiger charge is -1.97. The van der Waals surface area contributed by atoms with Crippen LogP contribution in [0.15, 0.2) is 18.2 Å². The van der Waals surface area contributed by atoms with Crippen LogP contribution >= 0.6 is 0 Å². The molecule has 13 heavy (non-hydrogen) atoms. The van der Waals surface area contributed by atoms with Gasteiger partial charge in [-0.2, -0.15) is 10.5 Å². The van der Waals surface area contributed by atoms with Gasteiger partial charge in [-0.3, -0.25) is 0 Å². The molecule has 4 nitrogen and oxygen atoms in total. The van der Waals surface area contributed by atoms with E-state index in [2.05, 4.69) is 4.74 Å². The third-order valence-corrected chi connectivity index (χ3v) is 1.32. The predicted octanol–water partition coefficient (Wildman–Crippen LogP) is 0.876. The summed E-state index contributed by atoms with van der Waals surface area (Å²) in [5, 5.41) is 17.1. The zero-order valence-corrected chi connectivity index (χ0v) is 6.44. The molecule has 0 aliphatic carbocycles. The minimum atomic E-state index is 0.144. The lowest BCUT2D eigenvalue weighted by molar-refractivity contribution is 0.442. The second-order valence-corrected chi connectivity index (χ2v) is 2.16. The largest absolute Gasteiger partial charge is 0.423 e. The first-order valence-corrected chi connectivity index (χ1v) is 3.29. The first kappa shape index (κ1) is 8.76. The molecule has 0 atom stereocenters. The SMILES string of the molecule is N#Cc1cc(C#N)cc(O[C]=O)c1. The van der Waals surface area contributed by atoms with E-state index in [-0.39, 0.29) is 16.9 Å².